The molecule has 98 valence electrons. The van der Waals surface area contributed by atoms with Gasteiger partial charge in [-0.1, -0.05) is 37.3 Å². The van der Waals surface area contributed by atoms with Crippen LogP contribution < -0.4 is 5.32 Å². The van der Waals surface area contributed by atoms with Crippen LogP contribution in [0.3, 0.4) is 0 Å². The standard InChI is InChI=1S/C15H17N3O/c1-15(10-19-11-15)9-18-14-16-7-13(8-17-14)12-5-3-2-4-6-12/h2-8H,9-11H2,1H3,(H,16,17,18). The Kier molecular flexibility index (Phi) is 3.17. The lowest BCUT2D eigenvalue weighted by Gasteiger charge is -2.37. The molecule has 1 fully saturated rings. The number of benzene rings is 1. The fourth-order valence-corrected chi connectivity index (χ4v) is 2.04. The highest BCUT2D eigenvalue weighted by atomic mass is 16.5. The number of nitrogens with zero attached hydrogens (tertiary/aromatic N) is 2. The number of hydrogen-bond acceptors (Lipinski definition) is 4. The van der Waals surface area contributed by atoms with Gasteiger partial charge >= 0.3 is 0 Å². The van der Waals surface area contributed by atoms with Crippen molar-refractivity contribution in [3.05, 3.63) is 42.7 Å². The van der Waals surface area contributed by atoms with Crippen LogP contribution in [0.2, 0.25) is 0 Å². The molecular formula is C15H17N3O. The van der Waals surface area contributed by atoms with Crippen LogP contribution in [0.5, 0.6) is 0 Å². The number of nitrogens with one attached hydrogen (secondary N) is 1. The fourth-order valence-electron chi connectivity index (χ4n) is 2.04. The van der Waals surface area contributed by atoms with E-state index in [9.17, 15) is 0 Å². The molecular weight excluding hydrogens is 238 g/mol. The first-order valence-corrected chi connectivity index (χ1v) is 6.44. The second-order valence-corrected chi connectivity index (χ2v) is 5.32. The first-order chi connectivity index (χ1) is 9.25. The number of hydrogen-bond donors (Lipinski definition) is 1. The quantitative estimate of drug-likeness (QED) is 0.912. The van der Waals surface area contributed by atoms with Crippen LogP contribution in [0.4, 0.5) is 5.95 Å². The van der Waals surface area contributed by atoms with Gasteiger partial charge in [-0.15, -0.1) is 0 Å². The Morgan fingerprint density at radius 1 is 1.11 bits per heavy atom. The van der Waals surface area contributed by atoms with E-state index in [-0.39, 0.29) is 5.41 Å². The van der Waals surface area contributed by atoms with Gasteiger partial charge in [0.15, 0.2) is 0 Å². The minimum atomic E-state index is 0.224. The second kappa shape index (κ2) is 4.97. The Morgan fingerprint density at radius 2 is 1.79 bits per heavy atom. The summed E-state index contributed by atoms with van der Waals surface area (Å²) in [5.74, 6) is 0.674. The Labute approximate surface area is 112 Å². The molecule has 1 aromatic carbocycles. The molecule has 2 heterocycles. The molecule has 3 rings (SSSR count). The van der Waals surface area contributed by atoms with Crippen molar-refractivity contribution in [2.75, 3.05) is 25.1 Å². The molecule has 0 saturated carbocycles. The van der Waals surface area contributed by atoms with Crippen molar-refractivity contribution in [3.8, 4) is 11.1 Å². The van der Waals surface area contributed by atoms with Gasteiger partial charge in [-0.25, -0.2) is 9.97 Å². The SMILES string of the molecule is CC1(CNc2ncc(-c3ccccc3)cn2)COC1. The highest BCUT2D eigenvalue weighted by molar-refractivity contribution is 5.61. The number of anilines is 1. The molecule has 0 aliphatic carbocycles. The summed E-state index contributed by atoms with van der Waals surface area (Å²) in [7, 11) is 0. The molecule has 1 aliphatic rings. The van der Waals surface area contributed by atoms with Crippen molar-refractivity contribution >= 4 is 5.95 Å². The predicted molar refractivity (Wildman–Crippen MR) is 74.9 cm³/mol. The van der Waals surface area contributed by atoms with E-state index in [4.69, 9.17) is 4.74 Å². The molecule has 0 unspecified atom stereocenters. The van der Waals surface area contributed by atoms with Crippen molar-refractivity contribution < 1.29 is 4.74 Å². The Bertz CT molecular complexity index is 535. The van der Waals surface area contributed by atoms with E-state index in [1.807, 2.05) is 30.6 Å². The van der Waals surface area contributed by atoms with Crippen molar-refractivity contribution in [2.24, 2.45) is 5.41 Å². The van der Waals surface area contributed by atoms with Gasteiger partial charge < -0.3 is 10.1 Å². The van der Waals surface area contributed by atoms with Gasteiger partial charge in [0.1, 0.15) is 0 Å². The summed E-state index contributed by atoms with van der Waals surface area (Å²) in [6, 6.07) is 10.1. The van der Waals surface area contributed by atoms with Gasteiger partial charge in [0.25, 0.3) is 0 Å². The van der Waals surface area contributed by atoms with Crippen LogP contribution in [0.15, 0.2) is 42.7 Å². The second-order valence-electron chi connectivity index (χ2n) is 5.32. The Balaban J connectivity index is 1.66. The Morgan fingerprint density at radius 3 is 2.37 bits per heavy atom. The van der Waals surface area contributed by atoms with E-state index in [1.165, 1.54) is 0 Å². The molecule has 4 nitrogen and oxygen atoms in total. The van der Waals surface area contributed by atoms with Gasteiger partial charge in [-0.2, -0.15) is 0 Å². The van der Waals surface area contributed by atoms with E-state index in [1.54, 1.807) is 0 Å². The molecule has 0 spiro atoms. The van der Waals surface area contributed by atoms with Gasteiger partial charge in [-0.05, 0) is 5.56 Å². The van der Waals surface area contributed by atoms with E-state index in [0.29, 0.717) is 5.95 Å². The average Bonchev–Trinajstić information content (AvgIpc) is 2.45. The summed E-state index contributed by atoms with van der Waals surface area (Å²) in [5.41, 5.74) is 2.39. The first-order valence-electron chi connectivity index (χ1n) is 6.44. The molecule has 0 bridgehead atoms. The molecule has 1 aromatic heterocycles. The summed E-state index contributed by atoms with van der Waals surface area (Å²) in [5, 5.41) is 3.26. The number of ether oxygens (including phenoxy) is 1. The zero-order chi connectivity index (χ0) is 13.1. The molecule has 1 saturated heterocycles. The maximum atomic E-state index is 5.22. The zero-order valence-electron chi connectivity index (χ0n) is 11.0. The zero-order valence-corrected chi connectivity index (χ0v) is 11.0. The molecule has 1 N–H and O–H groups in total. The third kappa shape index (κ3) is 2.74. The maximum absolute atomic E-state index is 5.22. The van der Waals surface area contributed by atoms with Gasteiger partial charge in [-0.3, -0.25) is 0 Å². The molecule has 4 heteroatoms. The summed E-state index contributed by atoms with van der Waals surface area (Å²) >= 11 is 0. The van der Waals surface area contributed by atoms with Crippen molar-refractivity contribution in [3.63, 3.8) is 0 Å². The number of aromatic nitrogens is 2. The minimum Gasteiger partial charge on any atom is -0.380 e. The lowest BCUT2D eigenvalue weighted by Crippen LogP contribution is -2.45. The van der Waals surface area contributed by atoms with Crippen LogP contribution >= 0.6 is 0 Å². The van der Waals surface area contributed by atoms with Crippen LogP contribution in [0, 0.1) is 5.41 Å². The highest BCUT2D eigenvalue weighted by Crippen LogP contribution is 2.26. The van der Waals surface area contributed by atoms with E-state index >= 15 is 0 Å². The highest BCUT2D eigenvalue weighted by Gasteiger charge is 2.33. The van der Waals surface area contributed by atoms with Gasteiger partial charge in [0, 0.05) is 29.9 Å². The normalized spacial score (nSPS) is 16.7. The number of rotatable bonds is 4. The van der Waals surface area contributed by atoms with Crippen molar-refractivity contribution in [1.82, 2.24) is 9.97 Å². The minimum absolute atomic E-state index is 0.224. The molecule has 19 heavy (non-hydrogen) atoms. The van der Waals surface area contributed by atoms with Crippen molar-refractivity contribution in [1.29, 1.82) is 0 Å². The van der Waals surface area contributed by atoms with E-state index < -0.39 is 0 Å². The third-order valence-electron chi connectivity index (χ3n) is 3.33. The molecule has 2 aromatic rings. The topological polar surface area (TPSA) is 47.0 Å². The largest absolute Gasteiger partial charge is 0.380 e. The fraction of sp³-hybridized carbons (Fsp3) is 0.333. The van der Waals surface area contributed by atoms with Gasteiger partial charge in [0.05, 0.1) is 13.2 Å². The monoisotopic (exact) mass is 255 g/mol. The molecule has 0 radical (unpaired) electrons. The van der Waals surface area contributed by atoms with Crippen LogP contribution in [0.25, 0.3) is 11.1 Å². The van der Waals surface area contributed by atoms with Gasteiger partial charge in [0.2, 0.25) is 5.95 Å². The lowest BCUT2D eigenvalue weighted by molar-refractivity contribution is -0.0925. The maximum Gasteiger partial charge on any atom is 0.222 e. The summed E-state index contributed by atoms with van der Waals surface area (Å²) < 4.78 is 5.22. The smallest absolute Gasteiger partial charge is 0.222 e. The van der Waals surface area contributed by atoms with E-state index in [2.05, 4.69) is 34.3 Å². The van der Waals surface area contributed by atoms with Crippen LogP contribution in [0.1, 0.15) is 6.92 Å². The lowest BCUT2D eigenvalue weighted by atomic mass is 9.89. The third-order valence-corrected chi connectivity index (χ3v) is 3.33. The summed E-state index contributed by atoms with van der Waals surface area (Å²) in [6.07, 6.45) is 3.70. The van der Waals surface area contributed by atoms with E-state index in [0.717, 1.165) is 30.9 Å². The van der Waals surface area contributed by atoms with Crippen LogP contribution in [-0.4, -0.2) is 29.7 Å². The molecule has 0 amide bonds. The van der Waals surface area contributed by atoms with Crippen molar-refractivity contribution in [2.45, 2.75) is 6.92 Å². The summed E-state index contributed by atoms with van der Waals surface area (Å²) in [6.45, 7) is 4.66. The predicted octanol–water partition coefficient (Wildman–Crippen LogP) is 2.59. The first kappa shape index (κ1) is 12.1. The molecule has 0 atom stereocenters. The molecule has 1 aliphatic heterocycles. The summed E-state index contributed by atoms with van der Waals surface area (Å²) in [4.78, 5) is 8.71. The van der Waals surface area contributed by atoms with Crippen LogP contribution in [-0.2, 0) is 4.74 Å². The Hall–Kier alpha value is -1.94. The average molecular weight is 255 g/mol.